The molecule has 1 saturated heterocycles. The average Bonchev–Trinajstić information content (AvgIpc) is 3.25. The van der Waals surface area contributed by atoms with Gasteiger partial charge in [-0.1, -0.05) is 30.3 Å². The molecule has 0 unspecified atom stereocenters. The number of halogens is 1. The van der Waals surface area contributed by atoms with Crippen molar-refractivity contribution >= 4 is 11.7 Å². The first-order valence-corrected chi connectivity index (χ1v) is 9.64. The molecular formula is C22H23FN4O2. The smallest absolute Gasteiger partial charge is 0.251 e. The number of methoxy groups -OCH3 is 1. The summed E-state index contributed by atoms with van der Waals surface area (Å²) in [5, 5.41) is 10.5. The van der Waals surface area contributed by atoms with Gasteiger partial charge in [0.1, 0.15) is 0 Å². The molecule has 1 amide bonds. The highest BCUT2D eigenvalue weighted by Crippen LogP contribution is 2.24. The summed E-state index contributed by atoms with van der Waals surface area (Å²) in [5.41, 5.74) is 2.32. The van der Waals surface area contributed by atoms with Crippen LogP contribution >= 0.6 is 0 Å². The van der Waals surface area contributed by atoms with Gasteiger partial charge in [-0.05, 0) is 36.6 Å². The highest BCUT2D eigenvalue weighted by molar-refractivity contribution is 5.94. The van der Waals surface area contributed by atoms with E-state index in [0.717, 1.165) is 36.5 Å². The van der Waals surface area contributed by atoms with Crippen LogP contribution in [0.3, 0.4) is 0 Å². The molecule has 2 heterocycles. The third-order valence-corrected chi connectivity index (χ3v) is 5.14. The van der Waals surface area contributed by atoms with E-state index in [1.165, 1.54) is 19.2 Å². The van der Waals surface area contributed by atoms with Crippen LogP contribution in [0.4, 0.5) is 10.2 Å². The van der Waals surface area contributed by atoms with Crippen molar-refractivity contribution < 1.29 is 13.9 Å². The lowest BCUT2D eigenvalue weighted by Crippen LogP contribution is -2.48. The number of nitrogens with zero attached hydrogens (tertiary/aromatic N) is 2. The van der Waals surface area contributed by atoms with Crippen LogP contribution in [0.5, 0.6) is 5.75 Å². The third kappa shape index (κ3) is 4.23. The van der Waals surface area contributed by atoms with Gasteiger partial charge in [0.2, 0.25) is 0 Å². The topological polar surface area (TPSA) is 70.2 Å². The first-order valence-electron chi connectivity index (χ1n) is 9.64. The summed E-state index contributed by atoms with van der Waals surface area (Å²) in [4.78, 5) is 14.7. The Morgan fingerprint density at radius 3 is 2.83 bits per heavy atom. The molecule has 0 aliphatic carbocycles. The van der Waals surface area contributed by atoms with Crippen LogP contribution < -0.4 is 15.0 Å². The Kier molecular flexibility index (Phi) is 5.46. The molecule has 1 fully saturated rings. The minimum Gasteiger partial charge on any atom is -0.494 e. The fourth-order valence-corrected chi connectivity index (χ4v) is 3.62. The van der Waals surface area contributed by atoms with Crippen LogP contribution in [-0.4, -0.2) is 42.3 Å². The number of carbonyl (C=O) groups excluding carboxylic acids is 1. The van der Waals surface area contributed by atoms with E-state index < -0.39 is 5.82 Å². The number of piperidine rings is 1. The number of aromatic nitrogens is 2. The molecule has 7 heteroatoms. The van der Waals surface area contributed by atoms with Crippen molar-refractivity contribution in [2.24, 2.45) is 0 Å². The summed E-state index contributed by atoms with van der Waals surface area (Å²) in [6.45, 7) is 1.53. The third-order valence-electron chi connectivity index (χ3n) is 5.14. The molecule has 4 rings (SSSR count). The molecule has 1 aromatic heterocycles. The Balaban J connectivity index is 1.41. The van der Waals surface area contributed by atoms with Gasteiger partial charge < -0.3 is 15.0 Å². The van der Waals surface area contributed by atoms with Gasteiger partial charge in [-0.2, -0.15) is 5.10 Å². The molecule has 6 nitrogen and oxygen atoms in total. The molecule has 1 aliphatic heterocycles. The van der Waals surface area contributed by atoms with E-state index in [9.17, 15) is 9.18 Å². The van der Waals surface area contributed by atoms with Gasteiger partial charge in [0, 0.05) is 30.8 Å². The molecule has 3 aromatic rings. The maximum Gasteiger partial charge on any atom is 0.251 e. The molecular weight excluding hydrogens is 371 g/mol. The van der Waals surface area contributed by atoms with Crippen LogP contribution in [-0.2, 0) is 0 Å². The van der Waals surface area contributed by atoms with Crippen molar-refractivity contribution in [3.05, 3.63) is 66.0 Å². The second-order valence-electron chi connectivity index (χ2n) is 7.11. The number of H-pyrrole nitrogens is 1. The highest BCUT2D eigenvalue weighted by atomic mass is 19.1. The lowest BCUT2D eigenvalue weighted by molar-refractivity contribution is 0.0932. The molecule has 0 spiro atoms. The number of anilines is 1. The predicted octanol–water partition coefficient (Wildman–Crippen LogP) is 3.62. The zero-order valence-electron chi connectivity index (χ0n) is 16.2. The summed E-state index contributed by atoms with van der Waals surface area (Å²) in [6, 6.07) is 16.3. The monoisotopic (exact) mass is 394 g/mol. The summed E-state index contributed by atoms with van der Waals surface area (Å²) < 4.78 is 18.8. The summed E-state index contributed by atoms with van der Waals surface area (Å²) in [6.07, 6.45) is 1.81. The Bertz CT molecular complexity index is 989. The SMILES string of the molecule is COc1ccc(C(=O)N[C@@H]2CCCN(c3cc(-c4ccccc4)[nH]n3)C2)cc1F. The Morgan fingerprint density at radius 1 is 1.24 bits per heavy atom. The fourth-order valence-electron chi connectivity index (χ4n) is 3.62. The zero-order chi connectivity index (χ0) is 20.2. The maximum atomic E-state index is 13.9. The number of rotatable bonds is 5. The normalized spacial score (nSPS) is 16.5. The van der Waals surface area contributed by atoms with Gasteiger partial charge in [0.25, 0.3) is 5.91 Å². The van der Waals surface area contributed by atoms with Gasteiger partial charge in [-0.3, -0.25) is 9.89 Å². The van der Waals surface area contributed by atoms with Gasteiger partial charge in [-0.25, -0.2) is 4.39 Å². The maximum absolute atomic E-state index is 13.9. The lowest BCUT2D eigenvalue weighted by atomic mass is 10.0. The van der Waals surface area contributed by atoms with E-state index >= 15 is 0 Å². The lowest BCUT2D eigenvalue weighted by Gasteiger charge is -2.33. The van der Waals surface area contributed by atoms with Gasteiger partial charge in [0.05, 0.1) is 12.8 Å². The molecule has 0 radical (unpaired) electrons. The van der Waals surface area contributed by atoms with Crippen LogP contribution in [0.2, 0.25) is 0 Å². The van der Waals surface area contributed by atoms with E-state index in [-0.39, 0.29) is 23.3 Å². The van der Waals surface area contributed by atoms with Crippen molar-refractivity contribution in [1.82, 2.24) is 15.5 Å². The Morgan fingerprint density at radius 2 is 2.07 bits per heavy atom. The van der Waals surface area contributed by atoms with Crippen molar-refractivity contribution in [3.63, 3.8) is 0 Å². The van der Waals surface area contributed by atoms with E-state index in [2.05, 4.69) is 20.4 Å². The number of benzene rings is 2. The number of amides is 1. The Labute approximate surface area is 168 Å². The number of ether oxygens (including phenoxy) is 1. The zero-order valence-corrected chi connectivity index (χ0v) is 16.2. The standard InChI is InChI=1S/C22H23FN4O2/c1-29-20-10-9-16(12-18(20)23)22(28)24-17-8-5-11-27(14-17)21-13-19(25-26-21)15-6-3-2-4-7-15/h2-4,6-7,9-10,12-13,17H,5,8,11,14H2,1H3,(H,24,28)(H,25,26)/t17-/m1/s1. The van der Waals surface area contributed by atoms with E-state index in [1.54, 1.807) is 6.07 Å². The molecule has 1 aliphatic rings. The number of hydrogen-bond donors (Lipinski definition) is 2. The van der Waals surface area contributed by atoms with Crippen molar-refractivity contribution in [2.75, 3.05) is 25.1 Å². The van der Waals surface area contributed by atoms with Gasteiger partial charge in [0.15, 0.2) is 17.4 Å². The van der Waals surface area contributed by atoms with E-state index in [4.69, 9.17) is 4.74 Å². The quantitative estimate of drug-likeness (QED) is 0.693. The van der Waals surface area contributed by atoms with Crippen molar-refractivity contribution in [3.8, 4) is 17.0 Å². The van der Waals surface area contributed by atoms with Crippen LogP contribution in [0.1, 0.15) is 23.2 Å². The van der Waals surface area contributed by atoms with Gasteiger partial charge >= 0.3 is 0 Å². The Hall–Kier alpha value is -3.35. The van der Waals surface area contributed by atoms with Crippen molar-refractivity contribution in [1.29, 1.82) is 0 Å². The second-order valence-corrected chi connectivity index (χ2v) is 7.11. The molecule has 29 heavy (non-hydrogen) atoms. The first-order chi connectivity index (χ1) is 14.1. The van der Waals surface area contributed by atoms with Crippen LogP contribution in [0, 0.1) is 5.82 Å². The minimum absolute atomic E-state index is 0.0294. The number of hydrogen-bond acceptors (Lipinski definition) is 4. The predicted molar refractivity (Wildman–Crippen MR) is 110 cm³/mol. The summed E-state index contributed by atoms with van der Waals surface area (Å²) in [7, 11) is 1.40. The second kappa shape index (κ2) is 8.34. The fraction of sp³-hybridized carbons (Fsp3) is 0.273. The molecule has 1 atom stereocenters. The molecule has 2 N–H and O–H groups in total. The first kappa shape index (κ1) is 19.0. The largest absolute Gasteiger partial charge is 0.494 e. The van der Waals surface area contributed by atoms with Crippen LogP contribution in [0.25, 0.3) is 11.3 Å². The number of nitrogens with one attached hydrogen (secondary N) is 2. The van der Waals surface area contributed by atoms with E-state index in [0.29, 0.717) is 6.54 Å². The molecule has 2 aromatic carbocycles. The molecule has 0 bridgehead atoms. The summed E-state index contributed by atoms with van der Waals surface area (Å²) in [5.74, 6) is 0.150. The summed E-state index contributed by atoms with van der Waals surface area (Å²) >= 11 is 0. The average molecular weight is 394 g/mol. The number of aromatic amines is 1. The van der Waals surface area contributed by atoms with Crippen LogP contribution in [0.15, 0.2) is 54.6 Å². The molecule has 0 saturated carbocycles. The number of carbonyl (C=O) groups is 1. The van der Waals surface area contributed by atoms with Gasteiger partial charge in [-0.15, -0.1) is 0 Å². The van der Waals surface area contributed by atoms with Crippen molar-refractivity contribution in [2.45, 2.75) is 18.9 Å². The molecule has 150 valence electrons. The minimum atomic E-state index is -0.546. The van der Waals surface area contributed by atoms with E-state index in [1.807, 2.05) is 36.4 Å². The highest BCUT2D eigenvalue weighted by Gasteiger charge is 2.24.